The average molecular weight is 343 g/mol. The van der Waals surface area contributed by atoms with Crippen molar-refractivity contribution in [3.8, 4) is 11.4 Å². The van der Waals surface area contributed by atoms with Crippen LogP contribution >= 0.6 is 0 Å². The number of fused-ring (bicyclic) bond motifs is 1. The third kappa shape index (κ3) is 2.91. The molecule has 4 rings (SSSR count). The Kier molecular flexibility index (Phi) is 4.11. The SMILES string of the molecule is O=c1c2ccccc2nc(-c2ccccc2NCc2ccccc2)n1O. The van der Waals surface area contributed by atoms with Crippen molar-refractivity contribution in [2.75, 3.05) is 5.32 Å². The summed E-state index contributed by atoms with van der Waals surface area (Å²) < 4.78 is 0.616. The molecule has 0 atom stereocenters. The van der Waals surface area contributed by atoms with Crippen molar-refractivity contribution in [2.45, 2.75) is 6.54 Å². The maximum atomic E-state index is 12.5. The van der Waals surface area contributed by atoms with Crippen LogP contribution in [0.15, 0.2) is 83.7 Å². The van der Waals surface area contributed by atoms with Gasteiger partial charge in [0.1, 0.15) is 0 Å². The van der Waals surface area contributed by atoms with Crippen LogP contribution in [-0.4, -0.2) is 14.9 Å². The molecule has 0 fully saturated rings. The van der Waals surface area contributed by atoms with Crippen LogP contribution in [0.1, 0.15) is 5.56 Å². The minimum atomic E-state index is -0.483. The van der Waals surface area contributed by atoms with E-state index in [1.54, 1.807) is 18.2 Å². The van der Waals surface area contributed by atoms with Gasteiger partial charge in [-0.3, -0.25) is 4.79 Å². The lowest BCUT2D eigenvalue weighted by Gasteiger charge is -2.14. The molecule has 26 heavy (non-hydrogen) atoms. The molecule has 0 radical (unpaired) electrons. The second-order valence-electron chi connectivity index (χ2n) is 5.95. The number of hydrogen-bond acceptors (Lipinski definition) is 4. The Hall–Kier alpha value is -3.60. The Bertz CT molecular complexity index is 1120. The normalized spacial score (nSPS) is 10.8. The fourth-order valence-corrected chi connectivity index (χ4v) is 2.92. The highest BCUT2D eigenvalue weighted by Gasteiger charge is 2.14. The van der Waals surface area contributed by atoms with Crippen molar-refractivity contribution < 1.29 is 5.21 Å². The molecule has 0 aliphatic rings. The Labute approximate surface area is 150 Å². The number of nitrogens with zero attached hydrogens (tertiary/aromatic N) is 2. The van der Waals surface area contributed by atoms with Gasteiger partial charge in [0.25, 0.3) is 5.56 Å². The van der Waals surface area contributed by atoms with E-state index in [9.17, 15) is 10.0 Å². The van der Waals surface area contributed by atoms with Crippen molar-refractivity contribution in [3.63, 3.8) is 0 Å². The van der Waals surface area contributed by atoms with Gasteiger partial charge in [-0.15, -0.1) is 4.73 Å². The highest BCUT2D eigenvalue weighted by Crippen LogP contribution is 2.26. The van der Waals surface area contributed by atoms with Crippen LogP contribution < -0.4 is 10.9 Å². The summed E-state index contributed by atoms with van der Waals surface area (Å²) in [6.07, 6.45) is 0. The van der Waals surface area contributed by atoms with Gasteiger partial charge in [-0.2, -0.15) is 0 Å². The van der Waals surface area contributed by atoms with Gasteiger partial charge in [0.15, 0.2) is 5.82 Å². The van der Waals surface area contributed by atoms with Crippen LogP contribution in [0.3, 0.4) is 0 Å². The summed E-state index contributed by atoms with van der Waals surface area (Å²) in [6.45, 7) is 0.626. The van der Waals surface area contributed by atoms with Gasteiger partial charge >= 0.3 is 0 Å². The second-order valence-corrected chi connectivity index (χ2v) is 5.95. The van der Waals surface area contributed by atoms with Gasteiger partial charge in [-0.25, -0.2) is 4.98 Å². The number of rotatable bonds is 4. The third-order valence-corrected chi connectivity index (χ3v) is 4.25. The van der Waals surface area contributed by atoms with Crippen molar-refractivity contribution in [2.24, 2.45) is 0 Å². The molecule has 0 saturated heterocycles. The maximum absolute atomic E-state index is 12.5. The van der Waals surface area contributed by atoms with E-state index in [2.05, 4.69) is 10.3 Å². The zero-order valence-corrected chi connectivity index (χ0v) is 14.0. The highest BCUT2D eigenvalue weighted by molar-refractivity contribution is 5.82. The van der Waals surface area contributed by atoms with Gasteiger partial charge in [0.05, 0.1) is 10.9 Å². The molecule has 128 valence electrons. The van der Waals surface area contributed by atoms with E-state index in [1.807, 2.05) is 60.7 Å². The first kappa shape index (κ1) is 15.9. The fourth-order valence-electron chi connectivity index (χ4n) is 2.92. The fraction of sp³-hybridized carbons (Fsp3) is 0.0476. The van der Waals surface area contributed by atoms with Crippen molar-refractivity contribution in [3.05, 3.63) is 94.8 Å². The Balaban J connectivity index is 1.78. The molecule has 0 aliphatic heterocycles. The summed E-state index contributed by atoms with van der Waals surface area (Å²) in [5.41, 5.74) is 2.66. The molecule has 3 aromatic carbocycles. The first-order chi connectivity index (χ1) is 12.7. The summed E-state index contributed by atoms with van der Waals surface area (Å²) >= 11 is 0. The molecule has 0 unspecified atom stereocenters. The van der Waals surface area contributed by atoms with Crippen LogP contribution in [0.2, 0.25) is 0 Å². The highest BCUT2D eigenvalue weighted by atomic mass is 16.5. The summed E-state index contributed by atoms with van der Waals surface area (Å²) in [5.74, 6) is 0.213. The lowest BCUT2D eigenvalue weighted by molar-refractivity contribution is 0.178. The Morgan fingerprint density at radius 1 is 0.885 bits per heavy atom. The number of benzene rings is 3. The second kappa shape index (κ2) is 6.72. The summed E-state index contributed by atoms with van der Waals surface area (Å²) in [6, 6.07) is 24.5. The molecule has 0 bridgehead atoms. The molecule has 0 saturated carbocycles. The first-order valence-corrected chi connectivity index (χ1v) is 8.32. The zero-order valence-electron chi connectivity index (χ0n) is 14.0. The topological polar surface area (TPSA) is 67.2 Å². The van der Waals surface area contributed by atoms with Gasteiger partial charge in [-0.05, 0) is 29.8 Å². The van der Waals surface area contributed by atoms with Gasteiger partial charge in [0, 0.05) is 17.8 Å². The molecule has 1 aromatic heterocycles. The van der Waals surface area contributed by atoms with E-state index >= 15 is 0 Å². The lowest BCUT2D eigenvalue weighted by atomic mass is 10.1. The van der Waals surface area contributed by atoms with Crippen molar-refractivity contribution in [1.82, 2.24) is 9.71 Å². The standard InChI is InChI=1S/C21H17N3O2/c25-21-17-11-5-7-13-19(17)23-20(24(21)26)16-10-4-6-12-18(16)22-14-15-8-2-1-3-9-15/h1-13,22,26H,14H2. The number of aromatic nitrogens is 2. The predicted molar refractivity (Wildman–Crippen MR) is 102 cm³/mol. The molecule has 4 aromatic rings. The number of hydrogen-bond donors (Lipinski definition) is 2. The molecule has 5 nitrogen and oxygen atoms in total. The molecule has 0 amide bonds. The van der Waals surface area contributed by atoms with E-state index in [4.69, 9.17) is 0 Å². The van der Waals surface area contributed by atoms with Crippen LogP contribution in [0, 0.1) is 0 Å². The minimum absolute atomic E-state index is 0.213. The molecule has 1 heterocycles. The van der Waals surface area contributed by atoms with Crippen LogP contribution in [0.4, 0.5) is 5.69 Å². The maximum Gasteiger partial charge on any atom is 0.294 e. The van der Waals surface area contributed by atoms with Crippen molar-refractivity contribution in [1.29, 1.82) is 0 Å². The van der Waals surface area contributed by atoms with Crippen LogP contribution in [0.25, 0.3) is 22.3 Å². The van der Waals surface area contributed by atoms with Gasteiger partial charge in [0.2, 0.25) is 0 Å². The molecular formula is C21H17N3O2. The Morgan fingerprint density at radius 2 is 1.58 bits per heavy atom. The summed E-state index contributed by atoms with van der Waals surface area (Å²) in [4.78, 5) is 17.0. The average Bonchev–Trinajstić information content (AvgIpc) is 2.70. The van der Waals surface area contributed by atoms with E-state index in [-0.39, 0.29) is 5.82 Å². The third-order valence-electron chi connectivity index (χ3n) is 4.25. The predicted octanol–water partition coefficient (Wildman–Crippen LogP) is 3.91. The largest absolute Gasteiger partial charge is 0.423 e. The Morgan fingerprint density at radius 3 is 2.42 bits per heavy atom. The molecule has 5 heteroatoms. The minimum Gasteiger partial charge on any atom is -0.423 e. The number of anilines is 1. The van der Waals surface area contributed by atoms with E-state index in [0.717, 1.165) is 11.3 Å². The van der Waals surface area contributed by atoms with E-state index in [0.29, 0.717) is 27.7 Å². The van der Waals surface area contributed by atoms with Gasteiger partial charge in [-0.1, -0.05) is 54.6 Å². The molecular weight excluding hydrogens is 326 g/mol. The zero-order chi connectivity index (χ0) is 17.9. The summed E-state index contributed by atoms with van der Waals surface area (Å²) in [7, 11) is 0. The van der Waals surface area contributed by atoms with Crippen molar-refractivity contribution >= 4 is 16.6 Å². The monoisotopic (exact) mass is 343 g/mol. The smallest absolute Gasteiger partial charge is 0.294 e. The number of nitrogens with one attached hydrogen (secondary N) is 1. The van der Waals surface area contributed by atoms with Gasteiger partial charge < -0.3 is 10.5 Å². The van der Waals surface area contributed by atoms with E-state index < -0.39 is 5.56 Å². The lowest BCUT2D eigenvalue weighted by Crippen LogP contribution is -2.21. The summed E-state index contributed by atoms with van der Waals surface area (Å²) in [5, 5.41) is 14.1. The quantitative estimate of drug-likeness (QED) is 0.551. The first-order valence-electron chi connectivity index (χ1n) is 8.32. The molecule has 0 aliphatic carbocycles. The molecule has 0 spiro atoms. The number of para-hydroxylation sites is 2. The molecule has 2 N–H and O–H groups in total. The van der Waals surface area contributed by atoms with E-state index in [1.165, 1.54) is 0 Å². The van der Waals surface area contributed by atoms with Crippen LogP contribution in [-0.2, 0) is 6.54 Å². The van der Waals surface area contributed by atoms with Crippen LogP contribution in [0.5, 0.6) is 0 Å².